The lowest BCUT2D eigenvalue weighted by Gasteiger charge is -2.26. The Morgan fingerprint density at radius 2 is 1.81 bits per heavy atom. The molecule has 0 aliphatic rings. The molecule has 0 radical (unpaired) electrons. The van der Waals surface area contributed by atoms with Gasteiger partial charge in [-0.15, -0.1) is 0 Å². The lowest BCUT2D eigenvalue weighted by molar-refractivity contribution is 0.182. The van der Waals surface area contributed by atoms with Gasteiger partial charge >= 0.3 is 0 Å². The van der Waals surface area contributed by atoms with Gasteiger partial charge in [0.1, 0.15) is 11.3 Å². The van der Waals surface area contributed by atoms with Crippen LogP contribution in [0.5, 0.6) is 5.75 Å². The van der Waals surface area contributed by atoms with E-state index in [1.165, 1.54) is 5.56 Å². The molecular weight excluding hydrogens is 260 g/mol. The summed E-state index contributed by atoms with van der Waals surface area (Å²) in [4.78, 5) is 0. The van der Waals surface area contributed by atoms with Crippen molar-refractivity contribution in [3.8, 4) is 11.8 Å². The van der Waals surface area contributed by atoms with Crippen LogP contribution in [0.15, 0.2) is 24.3 Å². The highest BCUT2D eigenvalue weighted by atomic mass is 16.5. The first-order valence-corrected chi connectivity index (χ1v) is 7.63. The van der Waals surface area contributed by atoms with E-state index in [1.807, 2.05) is 26.0 Å². The van der Waals surface area contributed by atoms with Crippen molar-refractivity contribution < 1.29 is 4.74 Å². The summed E-state index contributed by atoms with van der Waals surface area (Å²) < 4.78 is 5.92. The Hall–Kier alpha value is -1.53. The third-order valence-corrected chi connectivity index (χ3v) is 4.35. The highest BCUT2D eigenvalue weighted by Gasteiger charge is 2.25. The van der Waals surface area contributed by atoms with Gasteiger partial charge in [0.05, 0.1) is 12.2 Å². The first kappa shape index (κ1) is 17.5. The van der Waals surface area contributed by atoms with Gasteiger partial charge in [0.15, 0.2) is 0 Å². The van der Waals surface area contributed by atoms with Gasteiger partial charge < -0.3 is 10.1 Å². The number of benzene rings is 1. The molecule has 0 aromatic heterocycles. The molecule has 2 atom stereocenters. The van der Waals surface area contributed by atoms with Crippen LogP contribution in [0, 0.1) is 11.3 Å². The van der Waals surface area contributed by atoms with Crippen LogP contribution in [-0.2, 0) is 5.41 Å². The van der Waals surface area contributed by atoms with Crippen molar-refractivity contribution in [1.82, 2.24) is 5.32 Å². The van der Waals surface area contributed by atoms with Gasteiger partial charge in [0.25, 0.3) is 0 Å². The van der Waals surface area contributed by atoms with E-state index in [9.17, 15) is 5.26 Å². The molecule has 3 nitrogen and oxygen atoms in total. The molecule has 21 heavy (non-hydrogen) atoms. The highest BCUT2D eigenvalue weighted by Crippen LogP contribution is 2.28. The number of ether oxygens (including phenoxy) is 1. The third kappa shape index (κ3) is 4.75. The fraction of sp³-hybridized carbons (Fsp3) is 0.611. The maximum Gasteiger partial charge on any atom is 0.119 e. The second kappa shape index (κ2) is 6.95. The average Bonchev–Trinajstić information content (AvgIpc) is 2.47. The summed E-state index contributed by atoms with van der Waals surface area (Å²) in [5.41, 5.74) is 0.959. The molecule has 1 rings (SSSR count). The molecule has 0 aliphatic carbocycles. The van der Waals surface area contributed by atoms with Crippen molar-refractivity contribution in [3.63, 3.8) is 0 Å². The third-order valence-electron chi connectivity index (χ3n) is 4.35. The number of rotatable bonds is 7. The van der Waals surface area contributed by atoms with Gasteiger partial charge in [-0.05, 0) is 50.4 Å². The van der Waals surface area contributed by atoms with Gasteiger partial charge in [-0.1, -0.05) is 32.9 Å². The van der Waals surface area contributed by atoms with Crippen molar-refractivity contribution in [3.05, 3.63) is 29.8 Å². The lowest BCUT2D eigenvalue weighted by Crippen LogP contribution is -2.41. The predicted molar refractivity (Wildman–Crippen MR) is 87.5 cm³/mol. The maximum absolute atomic E-state index is 9.19. The maximum atomic E-state index is 9.19. The standard InChI is InChI=1S/C18H28N2O/c1-7-17(3,4)15-8-10-16(11-9-15)21-14(2)12-18(5,13-19)20-6/h8-11,14,20H,7,12H2,1-6H3. The number of nitrogens with zero attached hydrogens (tertiary/aromatic N) is 1. The van der Waals surface area contributed by atoms with Crippen molar-refractivity contribution in [2.75, 3.05) is 7.05 Å². The van der Waals surface area contributed by atoms with Gasteiger partial charge in [0, 0.05) is 6.42 Å². The van der Waals surface area contributed by atoms with Crippen LogP contribution in [0.1, 0.15) is 53.0 Å². The zero-order valence-electron chi connectivity index (χ0n) is 14.2. The molecule has 116 valence electrons. The molecule has 2 unspecified atom stereocenters. The molecule has 0 fully saturated rings. The predicted octanol–water partition coefficient (Wildman–Crippen LogP) is 4.03. The fourth-order valence-corrected chi connectivity index (χ4v) is 2.24. The van der Waals surface area contributed by atoms with Gasteiger partial charge in [-0.3, -0.25) is 0 Å². The van der Waals surface area contributed by atoms with E-state index in [4.69, 9.17) is 4.74 Å². The Bertz CT molecular complexity index is 487. The van der Waals surface area contributed by atoms with Crippen LogP contribution < -0.4 is 10.1 Å². The monoisotopic (exact) mass is 288 g/mol. The summed E-state index contributed by atoms with van der Waals surface area (Å²) in [6.45, 7) is 10.6. The van der Waals surface area contributed by atoms with E-state index in [-0.39, 0.29) is 11.5 Å². The minimum atomic E-state index is -0.552. The summed E-state index contributed by atoms with van der Waals surface area (Å²) >= 11 is 0. The highest BCUT2D eigenvalue weighted by molar-refractivity contribution is 5.31. The van der Waals surface area contributed by atoms with Crippen LogP contribution in [0.4, 0.5) is 0 Å². The topological polar surface area (TPSA) is 45.0 Å². The first-order valence-electron chi connectivity index (χ1n) is 7.63. The number of nitriles is 1. The van der Waals surface area contributed by atoms with Crippen LogP contribution in [0.2, 0.25) is 0 Å². The number of nitrogens with one attached hydrogen (secondary N) is 1. The van der Waals surface area contributed by atoms with Crippen LogP contribution in [0.3, 0.4) is 0 Å². The van der Waals surface area contributed by atoms with E-state index in [0.717, 1.165) is 12.2 Å². The zero-order valence-corrected chi connectivity index (χ0v) is 14.2. The van der Waals surface area contributed by atoms with Crippen LogP contribution in [0.25, 0.3) is 0 Å². The van der Waals surface area contributed by atoms with Crippen molar-refractivity contribution in [2.45, 2.75) is 64.5 Å². The molecule has 1 N–H and O–H groups in total. The van der Waals surface area contributed by atoms with E-state index >= 15 is 0 Å². The molecule has 1 aromatic rings. The van der Waals surface area contributed by atoms with E-state index in [1.54, 1.807) is 7.05 Å². The van der Waals surface area contributed by atoms with E-state index in [0.29, 0.717) is 6.42 Å². The molecule has 0 spiro atoms. The summed E-state index contributed by atoms with van der Waals surface area (Å²) in [5, 5.41) is 12.2. The quantitative estimate of drug-likeness (QED) is 0.823. The Balaban J connectivity index is 2.71. The minimum Gasteiger partial charge on any atom is -0.491 e. The summed E-state index contributed by atoms with van der Waals surface area (Å²) in [5.74, 6) is 0.856. The molecule has 0 amide bonds. The normalized spacial score (nSPS) is 15.9. The van der Waals surface area contributed by atoms with Gasteiger partial charge in [0.2, 0.25) is 0 Å². The van der Waals surface area contributed by atoms with Gasteiger partial charge in [-0.2, -0.15) is 5.26 Å². The number of hydrogen-bond acceptors (Lipinski definition) is 3. The Morgan fingerprint density at radius 3 is 2.24 bits per heavy atom. The Labute approximate surface area is 129 Å². The van der Waals surface area contributed by atoms with Crippen LogP contribution >= 0.6 is 0 Å². The number of hydrogen-bond donors (Lipinski definition) is 1. The summed E-state index contributed by atoms with van der Waals surface area (Å²) in [7, 11) is 1.80. The summed E-state index contributed by atoms with van der Waals surface area (Å²) in [6, 6.07) is 10.6. The largest absolute Gasteiger partial charge is 0.491 e. The van der Waals surface area contributed by atoms with Crippen LogP contribution in [-0.4, -0.2) is 18.7 Å². The molecule has 0 saturated carbocycles. The lowest BCUT2D eigenvalue weighted by atomic mass is 9.82. The van der Waals surface area contributed by atoms with Crippen molar-refractivity contribution in [2.24, 2.45) is 0 Å². The average molecular weight is 288 g/mol. The molecule has 0 aliphatic heterocycles. The second-order valence-corrected chi connectivity index (χ2v) is 6.59. The smallest absolute Gasteiger partial charge is 0.119 e. The second-order valence-electron chi connectivity index (χ2n) is 6.59. The van der Waals surface area contributed by atoms with E-state index < -0.39 is 5.54 Å². The summed E-state index contributed by atoms with van der Waals surface area (Å²) in [6.07, 6.45) is 1.72. The Morgan fingerprint density at radius 1 is 1.24 bits per heavy atom. The molecule has 0 saturated heterocycles. The SMILES string of the molecule is CCC(C)(C)c1ccc(OC(C)CC(C)(C#N)NC)cc1. The van der Waals surface area contributed by atoms with Crippen molar-refractivity contribution in [1.29, 1.82) is 5.26 Å². The molecule has 3 heteroatoms. The molecule has 0 heterocycles. The minimum absolute atomic E-state index is 0.0212. The molecule has 0 bridgehead atoms. The van der Waals surface area contributed by atoms with Gasteiger partial charge in [-0.25, -0.2) is 0 Å². The first-order chi connectivity index (χ1) is 9.76. The fourth-order valence-electron chi connectivity index (χ4n) is 2.24. The molecular formula is C18H28N2O. The Kier molecular flexibility index (Phi) is 5.80. The zero-order chi connectivity index (χ0) is 16.1. The van der Waals surface area contributed by atoms with E-state index in [2.05, 4.69) is 44.3 Å². The molecule has 1 aromatic carbocycles. The van der Waals surface area contributed by atoms with Crippen molar-refractivity contribution >= 4 is 0 Å².